The van der Waals surface area contributed by atoms with Crippen LogP contribution in [0.4, 0.5) is 0 Å². The molecule has 0 saturated carbocycles. The number of hydrogen-bond donors (Lipinski definition) is 2. The van der Waals surface area contributed by atoms with Crippen LogP contribution < -0.4 is 5.32 Å². The first-order valence-corrected chi connectivity index (χ1v) is 10.3. The van der Waals surface area contributed by atoms with E-state index < -0.39 is 0 Å². The number of nitrogens with one attached hydrogen (secondary N) is 2. The number of carbonyl (C=O) groups excluding carboxylic acids is 1. The number of likely N-dealkylation sites (N-methyl/N-ethyl adjacent to an activating group) is 1. The van der Waals surface area contributed by atoms with E-state index in [0.29, 0.717) is 12.2 Å². The maximum atomic E-state index is 12.7. The highest BCUT2D eigenvalue weighted by molar-refractivity contribution is 5.92. The molecule has 1 unspecified atom stereocenters. The molecule has 0 saturated heterocycles. The number of para-hydroxylation sites is 1. The maximum absolute atomic E-state index is 12.7. The lowest BCUT2D eigenvalue weighted by molar-refractivity contribution is 0.0949. The Hall–Kier alpha value is -3.38. The van der Waals surface area contributed by atoms with Crippen molar-refractivity contribution in [1.82, 2.24) is 24.8 Å². The normalized spacial score (nSPS) is 16.5. The minimum Gasteiger partial charge on any atom is -0.361 e. The van der Waals surface area contributed by atoms with Crippen LogP contribution in [-0.4, -0.2) is 38.9 Å². The number of nitrogens with zero attached hydrogens (tertiary/aromatic N) is 3. The molecule has 4 aromatic rings. The summed E-state index contributed by atoms with van der Waals surface area (Å²) in [6.45, 7) is 2.10. The number of H-pyrrole nitrogens is 1. The van der Waals surface area contributed by atoms with Crippen molar-refractivity contribution in [3.8, 4) is 0 Å². The van der Waals surface area contributed by atoms with Gasteiger partial charge in [-0.3, -0.25) is 9.69 Å². The zero-order valence-corrected chi connectivity index (χ0v) is 17.0. The van der Waals surface area contributed by atoms with Crippen molar-refractivity contribution in [2.75, 3.05) is 13.6 Å². The Morgan fingerprint density at radius 2 is 1.97 bits per heavy atom. The Morgan fingerprint density at radius 1 is 1.17 bits per heavy atom. The second-order valence-electron chi connectivity index (χ2n) is 7.90. The number of amides is 1. The number of benzene rings is 2. The summed E-state index contributed by atoms with van der Waals surface area (Å²) in [5.41, 5.74) is 4.11. The highest BCUT2D eigenvalue weighted by Gasteiger charge is 2.27. The number of carbonyl (C=O) groups is 1. The molecular formula is C24H25N5O. The number of rotatable bonds is 5. The minimum absolute atomic E-state index is 0.115. The van der Waals surface area contributed by atoms with E-state index in [4.69, 9.17) is 0 Å². The van der Waals surface area contributed by atoms with Crippen molar-refractivity contribution < 1.29 is 4.79 Å². The third kappa shape index (κ3) is 3.50. The van der Waals surface area contributed by atoms with Gasteiger partial charge in [0.2, 0.25) is 0 Å². The van der Waals surface area contributed by atoms with Gasteiger partial charge in [0.15, 0.2) is 0 Å². The molecule has 6 heteroatoms. The molecule has 1 aliphatic rings. The molecule has 2 aromatic carbocycles. The molecule has 2 N–H and O–H groups in total. The standard InChI is InChI=1S/C24H25N5O/c1-28-16-23-27-21(14-29(23)15-22(28)17-7-3-2-4-8-17)24(30)25-12-11-18-13-26-20-10-6-5-9-19(18)20/h2-10,13-14,22,26H,11-12,15-16H2,1H3,(H,25,30). The highest BCUT2D eigenvalue weighted by Crippen LogP contribution is 2.28. The van der Waals surface area contributed by atoms with E-state index in [0.717, 1.165) is 30.9 Å². The molecule has 30 heavy (non-hydrogen) atoms. The van der Waals surface area contributed by atoms with Crippen LogP contribution in [0.25, 0.3) is 10.9 Å². The fourth-order valence-corrected chi connectivity index (χ4v) is 4.28. The van der Waals surface area contributed by atoms with Crippen LogP contribution in [0.3, 0.4) is 0 Å². The van der Waals surface area contributed by atoms with Gasteiger partial charge in [-0.25, -0.2) is 4.98 Å². The molecule has 1 aliphatic heterocycles. The summed E-state index contributed by atoms with van der Waals surface area (Å²) >= 11 is 0. The van der Waals surface area contributed by atoms with Crippen LogP contribution in [0, 0.1) is 0 Å². The Balaban J connectivity index is 1.24. The lowest BCUT2D eigenvalue weighted by atomic mass is 10.0. The zero-order valence-electron chi connectivity index (χ0n) is 17.0. The van der Waals surface area contributed by atoms with Gasteiger partial charge >= 0.3 is 0 Å². The average Bonchev–Trinajstić information content (AvgIpc) is 3.38. The van der Waals surface area contributed by atoms with Crippen molar-refractivity contribution in [2.45, 2.75) is 25.6 Å². The summed E-state index contributed by atoms with van der Waals surface area (Å²) in [7, 11) is 2.11. The van der Waals surface area contributed by atoms with Crippen LogP contribution in [0.2, 0.25) is 0 Å². The van der Waals surface area contributed by atoms with E-state index in [2.05, 4.69) is 68.2 Å². The molecular weight excluding hydrogens is 374 g/mol. The number of imidazole rings is 1. The molecule has 5 rings (SSSR count). The molecule has 0 radical (unpaired) electrons. The Labute approximate surface area is 175 Å². The molecule has 1 atom stereocenters. The van der Waals surface area contributed by atoms with Crippen molar-refractivity contribution in [2.24, 2.45) is 0 Å². The van der Waals surface area contributed by atoms with Gasteiger partial charge in [0.1, 0.15) is 11.5 Å². The van der Waals surface area contributed by atoms with Crippen LogP contribution in [0.5, 0.6) is 0 Å². The highest BCUT2D eigenvalue weighted by atomic mass is 16.1. The van der Waals surface area contributed by atoms with E-state index in [1.165, 1.54) is 16.5 Å². The monoisotopic (exact) mass is 399 g/mol. The molecule has 3 heterocycles. The molecule has 0 aliphatic carbocycles. The van der Waals surface area contributed by atoms with Crippen LogP contribution in [0.15, 0.2) is 67.0 Å². The smallest absolute Gasteiger partial charge is 0.271 e. The second-order valence-corrected chi connectivity index (χ2v) is 7.90. The first-order valence-electron chi connectivity index (χ1n) is 10.3. The number of aromatic nitrogens is 3. The van der Waals surface area contributed by atoms with Gasteiger partial charge in [0.25, 0.3) is 5.91 Å². The first-order chi connectivity index (χ1) is 14.7. The number of hydrogen-bond acceptors (Lipinski definition) is 3. The molecule has 1 amide bonds. The summed E-state index contributed by atoms with van der Waals surface area (Å²) < 4.78 is 2.12. The van der Waals surface area contributed by atoms with Crippen molar-refractivity contribution in [1.29, 1.82) is 0 Å². The van der Waals surface area contributed by atoms with E-state index in [1.54, 1.807) is 0 Å². The van der Waals surface area contributed by atoms with Gasteiger partial charge < -0.3 is 14.9 Å². The first kappa shape index (κ1) is 18.6. The topological polar surface area (TPSA) is 66.0 Å². The summed E-state index contributed by atoms with van der Waals surface area (Å²) in [4.78, 5) is 22.8. The third-order valence-electron chi connectivity index (χ3n) is 5.92. The second kappa shape index (κ2) is 7.80. The molecule has 152 valence electrons. The number of fused-ring (bicyclic) bond motifs is 2. The van der Waals surface area contributed by atoms with Gasteiger partial charge in [-0.2, -0.15) is 0 Å². The SMILES string of the molecule is CN1Cc2nc(C(=O)NCCc3c[nH]c4ccccc34)cn2CC1c1ccccc1. The average molecular weight is 399 g/mol. The lowest BCUT2D eigenvalue weighted by Crippen LogP contribution is -2.34. The molecule has 0 bridgehead atoms. The fourth-order valence-electron chi connectivity index (χ4n) is 4.28. The summed E-state index contributed by atoms with van der Waals surface area (Å²) in [5, 5.41) is 4.23. The van der Waals surface area contributed by atoms with Crippen molar-refractivity contribution >= 4 is 16.8 Å². The molecule has 6 nitrogen and oxygen atoms in total. The lowest BCUT2D eigenvalue weighted by Gasteiger charge is -2.33. The zero-order chi connectivity index (χ0) is 20.5. The Morgan fingerprint density at radius 3 is 2.83 bits per heavy atom. The predicted octanol–water partition coefficient (Wildman–Crippen LogP) is 3.52. The van der Waals surface area contributed by atoms with Gasteiger partial charge in [-0.15, -0.1) is 0 Å². The van der Waals surface area contributed by atoms with Gasteiger partial charge in [-0.05, 0) is 30.7 Å². The summed E-state index contributed by atoms with van der Waals surface area (Å²) in [6.07, 6.45) is 4.69. The predicted molar refractivity (Wildman–Crippen MR) is 117 cm³/mol. The number of aromatic amines is 1. The van der Waals surface area contributed by atoms with Crippen molar-refractivity contribution in [3.05, 3.63) is 89.6 Å². The largest absolute Gasteiger partial charge is 0.361 e. The summed E-state index contributed by atoms with van der Waals surface area (Å²) in [6, 6.07) is 19.0. The van der Waals surface area contributed by atoms with E-state index in [-0.39, 0.29) is 11.9 Å². The van der Waals surface area contributed by atoms with Gasteiger partial charge in [0.05, 0.1) is 12.6 Å². The van der Waals surface area contributed by atoms with E-state index in [9.17, 15) is 4.79 Å². The molecule has 0 spiro atoms. The third-order valence-corrected chi connectivity index (χ3v) is 5.92. The van der Waals surface area contributed by atoms with E-state index >= 15 is 0 Å². The maximum Gasteiger partial charge on any atom is 0.271 e. The Kier molecular flexibility index (Phi) is 4.85. The quantitative estimate of drug-likeness (QED) is 0.540. The van der Waals surface area contributed by atoms with Gasteiger partial charge in [0, 0.05) is 36.4 Å². The molecule has 2 aromatic heterocycles. The minimum atomic E-state index is -0.115. The fraction of sp³-hybridized carbons (Fsp3) is 0.250. The van der Waals surface area contributed by atoms with E-state index in [1.807, 2.05) is 30.6 Å². The van der Waals surface area contributed by atoms with Crippen molar-refractivity contribution in [3.63, 3.8) is 0 Å². The van der Waals surface area contributed by atoms with Crippen LogP contribution in [-0.2, 0) is 19.5 Å². The van der Waals surface area contributed by atoms with Crippen LogP contribution in [0.1, 0.15) is 33.5 Å². The van der Waals surface area contributed by atoms with Crippen LogP contribution >= 0.6 is 0 Å². The molecule has 0 fully saturated rings. The van der Waals surface area contributed by atoms with Gasteiger partial charge in [-0.1, -0.05) is 48.5 Å². The Bertz CT molecular complexity index is 1180. The summed E-state index contributed by atoms with van der Waals surface area (Å²) in [5.74, 6) is 0.821.